The minimum Gasteiger partial charge on any atom is -0.393 e. The second-order valence-corrected chi connectivity index (χ2v) is 5.60. The van der Waals surface area contributed by atoms with Crippen LogP contribution >= 0.6 is 0 Å². The summed E-state index contributed by atoms with van der Waals surface area (Å²) in [6.45, 7) is 3.07. The van der Waals surface area contributed by atoms with Crippen LogP contribution in [0.2, 0.25) is 0 Å². The molecule has 0 fully saturated rings. The summed E-state index contributed by atoms with van der Waals surface area (Å²) in [5.74, 6) is 0.688. The quantitative estimate of drug-likeness (QED) is 0.738. The third kappa shape index (κ3) is 3.08. The van der Waals surface area contributed by atoms with E-state index < -0.39 is 0 Å². The van der Waals surface area contributed by atoms with Gasteiger partial charge in [-0.3, -0.25) is 0 Å². The van der Waals surface area contributed by atoms with E-state index in [2.05, 4.69) is 33.3 Å². The van der Waals surface area contributed by atoms with Crippen LogP contribution in [0.4, 0.5) is 5.95 Å². The van der Waals surface area contributed by atoms with E-state index in [0.29, 0.717) is 5.95 Å². The number of allylic oxidation sites excluding steroid dienone is 1. The molecule has 112 valence electrons. The maximum atomic E-state index is 9.61. The van der Waals surface area contributed by atoms with E-state index in [4.69, 9.17) is 0 Å². The van der Waals surface area contributed by atoms with Crippen LogP contribution in [-0.4, -0.2) is 32.7 Å². The lowest BCUT2D eigenvalue weighted by atomic mass is 9.93. The number of rotatable bonds is 5. The number of aromatic amines is 1. The fraction of sp³-hybridized carbons (Fsp3) is 0.500. The molecule has 0 spiro atoms. The molecule has 0 bridgehead atoms. The SMILES string of the molecule is CCCCNc1ncc2[nH]cc(C3=CC[C@H](O)CC3)c2n1. The van der Waals surface area contributed by atoms with Gasteiger partial charge in [0.15, 0.2) is 0 Å². The molecule has 1 aliphatic rings. The molecule has 21 heavy (non-hydrogen) atoms. The van der Waals surface area contributed by atoms with Crippen LogP contribution < -0.4 is 5.32 Å². The van der Waals surface area contributed by atoms with Crippen molar-refractivity contribution >= 4 is 22.6 Å². The number of hydrogen-bond donors (Lipinski definition) is 3. The monoisotopic (exact) mass is 286 g/mol. The van der Waals surface area contributed by atoms with Gasteiger partial charge in [0.05, 0.1) is 17.8 Å². The predicted octanol–water partition coefficient (Wildman–Crippen LogP) is 3.10. The lowest BCUT2D eigenvalue weighted by molar-refractivity contribution is 0.166. The normalized spacial score (nSPS) is 18.8. The Morgan fingerprint density at radius 1 is 1.48 bits per heavy atom. The highest BCUT2D eigenvalue weighted by molar-refractivity contribution is 5.89. The highest BCUT2D eigenvalue weighted by Gasteiger charge is 2.16. The number of nitrogens with zero attached hydrogens (tertiary/aromatic N) is 2. The number of anilines is 1. The summed E-state index contributed by atoms with van der Waals surface area (Å²) in [6.07, 6.45) is 10.5. The Balaban J connectivity index is 1.87. The zero-order valence-electron chi connectivity index (χ0n) is 12.4. The molecule has 0 aromatic carbocycles. The van der Waals surface area contributed by atoms with Gasteiger partial charge in [0.25, 0.3) is 0 Å². The Labute approximate surface area is 124 Å². The molecule has 3 rings (SSSR count). The van der Waals surface area contributed by atoms with Crippen molar-refractivity contribution in [3.63, 3.8) is 0 Å². The van der Waals surface area contributed by atoms with Gasteiger partial charge >= 0.3 is 0 Å². The molecule has 3 N–H and O–H groups in total. The van der Waals surface area contributed by atoms with Crippen LogP contribution in [0.1, 0.15) is 44.6 Å². The second-order valence-electron chi connectivity index (χ2n) is 5.60. The zero-order valence-corrected chi connectivity index (χ0v) is 12.4. The lowest BCUT2D eigenvalue weighted by Gasteiger charge is -2.16. The van der Waals surface area contributed by atoms with Crippen molar-refractivity contribution < 1.29 is 5.11 Å². The Morgan fingerprint density at radius 2 is 2.38 bits per heavy atom. The van der Waals surface area contributed by atoms with E-state index in [1.54, 1.807) is 0 Å². The summed E-state index contributed by atoms with van der Waals surface area (Å²) in [4.78, 5) is 12.2. The van der Waals surface area contributed by atoms with Crippen molar-refractivity contribution in [1.82, 2.24) is 15.0 Å². The molecule has 0 saturated heterocycles. The first kappa shape index (κ1) is 14.1. The van der Waals surface area contributed by atoms with E-state index in [1.165, 1.54) is 5.57 Å². The number of aliphatic hydroxyl groups is 1. The molecular formula is C16H22N4O. The molecule has 1 atom stereocenters. The number of hydrogen-bond acceptors (Lipinski definition) is 4. The van der Waals surface area contributed by atoms with Crippen molar-refractivity contribution in [2.24, 2.45) is 0 Å². The van der Waals surface area contributed by atoms with Gasteiger partial charge < -0.3 is 15.4 Å². The molecule has 0 aliphatic heterocycles. The molecular weight excluding hydrogens is 264 g/mol. The van der Waals surface area contributed by atoms with Gasteiger partial charge in [0.1, 0.15) is 5.52 Å². The molecule has 0 radical (unpaired) electrons. The minimum atomic E-state index is -0.195. The summed E-state index contributed by atoms with van der Waals surface area (Å²) >= 11 is 0. The van der Waals surface area contributed by atoms with Crippen LogP contribution in [-0.2, 0) is 0 Å². The van der Waals surface area contributed by atoms with Crippen LogP contribution in [0, 0.1) is 0 Å². The lowest BCUT2D eigenvalue weighted by Crippen LogP contribution is -2.09. The molecule has 5 nitrogen and oxygen atoms in total. The average molecular weight is 286 g/mol. The maximum absolute atomic E-state index is 9.61. The molecule has 5 heteroatoms. The highest BCUT2D eigenvalue weighted by atomic mass is 16.3. The molecule has 0 amide bonds. The van der Waals surface area contributed by atoms with Crippen molar-refractivity contribution in [3.05, 3.63) is 24.0 Å². The van der Waals surface area contributed by atoms with Crippen molar-refractivity contribution in [2.75, 3.05) is 11.9 Å². The summed E-state index contributed by atoms with van der Waals surface area (Å²) < 4.78 is 0. The van der Waals surface area contributed by atoms with Gasteiger partial charge in [0.2, 0.25) is 5.95 Å². The van der Waals surface area contributed by atoms with Crippen molar-refractivity contribution in [1.29, 1.82) is 0 Å². The van der Waals surface area contributed by atoms with E-state index in [-0.39, 0.29) is 6.10 Å². The summed E-state index contributed by atoms with van der Waals surface area (Å²) in [5, 5.41) is 12.9. The van der Waals surface area contributed by atoms with Crippen LogP contribution in [0.15, 0.2) is 18.5 Å². The third-order valence-electron chi connectivity index (χ3n) is 3.96. The van der Waals surface area contributed by atoms with E-state index >= 15 is 0 Å². The van der Waals surface area contributed by atoms with E-state index in [0.717, 1.165) is 55.2 Å². The topological polar surface area (TPSA) is 73.8 Å². The fourth-order valence-corrected chi connectivity index (χ4v) is 2.68. The Kier molecular flexibility index (Phi) is 4.20. The first-order valence-corrected chi connectivity index (χ1v) is 7.73. The summed E-state index contributed by atoms with van der Waals surface area (Å²) in [7, 11) is 0. The summed E-state index contributed by atoms with van der Waals surface area (Å²) in [5.41, 5.74) is 4.33. The molecule has 0 saturated carbocycles. The molecule has 2 heterocycles. The highest BCUT2D eigenvalue weighted by Crippen LogP contribution is 2.31. The van der Waals surface area contributed by atoms with E-state index in [1.807, 2.05) is 12.4 Å². The zero-order chi connectivity index (χ0) is 14.7. The summed E-state index contributed by atoms with van der Waals surface area (Å²) in [6, 6.07) is 0. The van der Waals surface area contributed by atoms with Gasteiger partial charge in [-0.1, -0.05) is 19.4 Å². The number of aromatic nitrogens is 3. The molecule has 2 aromatic heterocycles. The number of unbranched alkanes of at least 4 members (excludes halogenated alkanes) is 1. The molecule has 0 unspecified atom stereocenters. The van der Waals surface area contributed by atoms with Crippen molar-refractivity contribution in [3.8, 4) is 0 Å². The third-order valence-corrected chi connectivity index (χ3v) is 3.96. The molecule has 1 aliphatic carbocycles. The van der Waals surface area contributed by atoms with Crippen LogP contribution in [0.5, 0.6) is 0 Å². The van der Waals surface area contributed by atoms with E-state index in [9.17, 15) is 5.11 Å². The van der Waals surface area contributed by atoms with Crippen LogP contribution in [0.3, 0.4) is 0 Å². The number of H-pyrrole nitrogens is 1. The first-order valence-electron chi connectivity index (χ1n) is 7.73. The van der Waals surface area contributed by atoms with Crippen LogP contribution in [0.25, 0.3) is 16.6 Å². The van der Waals surface area contributed by atoms with Gasteiger partial charge in [-0.25, -0.2) is 9.97 Å². The first-order chi connectivity index (χ1) is 10.3. The average Bonchev–Trinajstić information content (AvgIpc) is 2.92. The standard InChI is InChI=1S/C16H22N4O/c1-2-3-8-17-16-19-10-14-15(20-16)13(9-18-14)11-4-6-12(21)7-5-11/h4,9-10,12,18,21H,2-3,5-8H2,1H3,(H,17,19,20)/t12-/m0/s1. The fourth-order valence-electron chi connectivity index (χ4n) is 2.68. The number of nitrogens with one attached hydrogen (secondary N) is 2. The Bertz CT molecular complexity index is 647. The maximum Gasteiger partial charge on any atom is 0.223 e. The smallest absolute Gasteiger partial charge is 0.223 e. The van der Waals surface area contributed by atoms with Gasteiger partial charge in [-0.2, -0.15) is 0 Å². The number of aliphatic hydroxyl groups excluding tert-OH is 1. The largest absolute Gasteiger partial charge is 0.393 e. The van der Waals surface area contributed by atoms with Gasteiger partial charge in [-0.15, -0.1) is 0 Å². The van der Waals surface area contributed by atoms with Gasteiger partial charge in [-0.05, 0) is 31.3 Å². The Morgan fingerprint density at radius 3 is 3.14 bits per heavy atom. The predicted molar refractivity (Wildman–Crippen MR) is 85.1 cm³/mol. The molecule has 2 aromatic rings. The second kappa shape index (κ2) is 6.26. The minimum absolute atomic E-state index is 0.195. The number of fused-ring (bicyclic) bond motifs is 1. The Hall–Kier alpha value is -1.88. The van der Waals surface area contributed by atoms with Gasteiger partial charge in [0, 0.05) is 18.3 Å². The van der Waals surface area contributed by atoms with Crippen molar-refractivity contribution in [2.45, 2.75) is 45.1 Å².